The summed E-state index contributed by atoms with van der Waals surface area (Å²) in [4.78, 5) is 2.34. The molecule has 0 amide bonds. The van der Waals surface area contributed by atoms with Crippen LogP contribution in [0.25, 0.3) is 0 Å². The van der Waals surface area contributed by atoms with Gasteiger partial charge in [0.05, 0.1) is 5.60 Å². The summed E-state index contributed by atoms with van der Waals surface area (Å²) in [6.45, 7) is 8.17. The largest absolute Gasteiger partial charge is 0.381 e. The number of hydrogen-bond donors (Lipinski definition) is 1. The van der Waals surface area contributed by atoms with Crippen LogP contribution in [-0.2, 0) is 9.47 Å². The lowest BCUT2D eigenvalue weighted by atomic mass is 9.84. The Morgan fingerprint density at radius 2 is 2.06 bits per heavy atom. The van der Waals surface area contributed by atoms with Gasteiger partial charge < -0.3 is 19.7 Å². The fourth-order valence-corrected chi connectivity index (χ4v) is 2.91. The molecule has 4 nitrogen and oxygen atoms in total. The second-order valence-corrected chi connectivity index (χ2v) is 5.68. The van der Waals surface area contributed by atoms with Gasteiger partial charge in [-0.3, -0.25) is 0 Å². The van der Waals surface area contributed by atoms with Gasteiger partial charge in [0.2, 0.25) is 0 Å². The van der Waals surface area contributed by atoms with E-state index >= 15 is 0 Å². The molecule has 106 valence electrons. The monoisotopic (exact) mass is 256 g/mol. The minimum Gasteiger partial charge on any atom is -0.381 e. The third kappa shape index (κ3) is 3.92. The van der Waals surface area contributed by atoms with Gasteiger partial charge in [0.1, 0.15) is 0 Å². The van der Waals surface area contributed by atoms with Crippen molar-refractivity contribution in [2.75, 3.05) is 46.5 Å². The molecule has 4 heteroatoms. The summed E-state index contributed by atoms with van der Waals surface area (Å²) in [6, 6.07) is 0.627. The van der Waals surface area contributed by atoms with Crippen LogP contribution < -0.4 is 5.32 Å². The van der Waals surface area contributed by atoms with E-state index < -0.39 is 0 Å². The number of nitrogens with zero attached hydrogens (tertiary/aromatic N) is 1. The van der Waals surface area contributed by atoms with E-state index in [9.17, 15) is 0 Å². The zero-order chi connectivity index (χ0) is 12.8. The SMILES string of the molecule is CCN(C)CCNC1CCOC2(CCOCC2)C1. The molecule has 0 bridgehead atoms. The summed E-state index contributed by atoms with van der Waals surface area (Å²) in [6.07, 6.45) is 4.45. The molecule has 1 atom stereocenters. The Hall–Kier alpha value is -0.160. The van der Waals surface area contributed by atoms with Gasteiger partial charge in [-0.15, -0.1) is 0 Å². The van der Waals surface area contributed by atoms with Crippen molar-refractivity contribution in [1.82, 2.24) is 10.2 Å². The first-order valence-corrected chi connectivity index (χ1v) is 7.38. The second kappa shape index (κ2) is 6.85. The first-order valence-electron chi connectivity index (χ1n) is 7.38. The standard InChI is InChI=1S/C14H28N2O2/c1-3-16(2)8-7-15-13-4-9-18-14(12-13)5-10-17-11-6-14/h13,15H,3-12H2,1-2H3. The molecule has 18 heavy (non-hydrogen) atoms. The van der Waals surface area contributed by atoms with E-state index in [2.05, 4.69) is 24.2 Å². The van der Waals surface area contributed by atoms with Crippen molar-refractivity contribution < 1.29 is 9.47 Å². The van der Waals surface area contributed by atoms with E-state index in [1.807, 2.05) is 0 Å². The van der Waals surface area contributed by atoms with Gasteiger partial charge in [-0.05, 0) is 39.3 Å². The molecule has 0 radical (unpaired) electrons. The fraction of sp³-hybridized carbons (Fsp3) is 1.00. The Labute approximate surface area is 111 Å². The van der Waals surface area contributed by atoms with Gasteiger partial charge in [-0.1, -0.05) is 6.92 Å². The molecule has 0 aromatic carbocycles. The van der Waals surface area contributed by atoms with Crippen LogP contribution in [-0.4, -0.2) is 63.0 Å². The molecule has 2 fully saturated rings. The number of likely N-dealkylation sites (N-methyl/N-ethyl adjacent to an activating group) is 1. The van der Waals surface area contributed by atoms with E-state index in [0.717, 1.165) is 65.1 Å². The summed E-state index contributed by atoms with van der Waals surface area (Å²) in [5.41, 5.74) is 0.116. The van der Waals surface area contributed by atoms with Gasteiger partial charge in [-0.25, -0.2) is 0 Å². The topological polar surface area (TPSA) is 33.7 Å². The van der Waals surface area contributed by atoms with Crippen LogP contribution in [0.4, 0.5) is 0 Å². The van der Waals surface area contributed by atoms with Crippen LogP contribution in [0.2, 0.25) is 0 Å². The summed E-state index contributed by atoms with van der Waals surface area (Å²) in [5.74, 6) is 0. The Morgan fingerprint density at radius 3 is 2.78 bits per heavy atom. The van der Waals surface area contributed by atoms with Crippen LogP contribution in [0.3, 0.4) is 0 Å². The summed E-state index contributed by atoms with van der Waals surface area (Å²) >= 11 is 0. The predicted octanol–water partition coefficient (Wildman–Crippen LogP) is 1.26. The third-order valence-electron chi connectivity index (χ3n) is 4.36. The highest BCUT2D eigenvalue weighted by Crippen LogP contribution is 2.34. The Kier molecular flexibility index (Phi) is 5.42. The van der Waals surface area contributed by atoms with Crippen LogP contribution >= 0.6 is 0 Å². The van der Waals surface area contributed by atoms with Crippen molar-refractivity contribution in [3.63, 3.8) is 0 Å². The minimum atomic E-state index is 0.116. The van der Waals surface area contributed by atoms with Gasteiger partial charge in [0.25, 0.3) is 0 Å². The molecule has 2 heterocycles. The maximum absolute atomic E-state index is 6.05. The van der Waals surface area contributed by atoms with Crippen molar-refractivity contribution in [3.8, 4) is 0 Å². The fourth-order valence-electron chi connectivity index (χ4n) is 2.91. The second-order valence-electron chi connectivity index (χ2n) is 5.68. The van der Waals surface area contributed by atoms with Crippen LogP contribution in [0, 0.1) is 0 Å². The summed E-state index contributed by atoms with van der Waals surface area (Å²) < 4.78 is 11.5. The molecule has 0 aromatic rings. The Bertz CT molecular complexity index is 236. The minimum absolute atomic E-state index is 0.116. The first-order chi connectivity index (χ1) is 8.74. The Balaban J connectivity index is 1.72. The lowest BCUT2D eigenvalue weighted by molar-refractivity contribution is -0.140. The quantitative estimate of drug-likeness (QED) is 0.803. The molecule has 0 aliphatic carbocycles. The van der Waals surface area contributed by atoms with Crippen molar-refractivity contribution in [2.45, 2.75) is 44.2 Å². The number of ether oxygens (including phenoxy) is 2. The molecule has 1 spiro atoms. The van der Waals surface area contributed by atoms with Crippen molar-refractivity contribution in [2.24, 2.45) is 0 Å². The van der Waals surface area contributed by atoms with Gasteiger partial charge >= 0.3 is 0 Å². The maximum atomic E-state index is 6.05. The molecular formula is C14H28N2O2. The molecule has 0 saturated carbocycles. The normalized spacial score (nSPS) is 27.8. The molecule has 2 aliphatic heterocycles. The van der Waals surface area contributed by atoms with Crippen LogP contribution in [0.15, 0.2) is 0 Å². The zero-order valence-corrected chi connectivity index (χ0v) is 11.9. The van der Waals surface area contributed by atoms with Crippen molar-refractivity contribution in [1.29, 1.82) is 0 Å². The van der Waals surface area contributed by atoms with Gasteiger partial charge in [0, 0.05) is 39.0 Å². The molecular weight excluding hydrogens is 228 g/mol. The molecule has 2 aliphatic rings. The van der Waals surface area contributed by atoms with E-state index in [0.29, 0.717) is 6.04 Å². The van der Waals surface area contributed by atoms with E-state index in [1.165, 1.54) is 0 Å². The first kappa shape index (κ1) is 14.3. The van der Waals surface area contributed by atoms with E-state index in [4.69, 9.17) is 9.47 Å². The molecule has 2 rings (SSSR count). The highest BCUT2D eigenvalue weighted by Gasteiger charge is 2.38. The van der Waals surface area contributed by atoms with Crippen LogP contribution in [0.1, 0.15) is 32.6 Å². The molecule has 0 aromatic heterocycles. The summed E-state index contributed by atoms with van der Waals surface area (Å²) in [5, 5.41) is 3.70. The highest BCUT2D eigenvalue weighted by atomic mass is 16.5. The predicted molar refractivity (Wildman–Crippen MR) is 72.9 cm³/mol. The average Bonchev–Trinajstić information content (AvgIpc) is 2.39. The third-order valence-corrected chi connectivity index (χ3v) is 4.36. The zero-order valence-electron chi connectivity index (χ0n) is 11.9. The van der Waals surface area contributed by atoms with Crippen molar-refractivity contribution in [3.05, 3.63) is 0 Å². The van der Waals surface area contributed by atoms with Crippen molar-refractivity contribution >= 4 is 0 Å². The average molecular weight is 256 g/mol. The Morgan fingerprint density at radius 1 is 1.28 bits per heavy atom. The number of hydrogen-bond acceptors (Lipinski definition) is 4. The molecule has 2 saturated heterocycles. The number of rotatable bonds is 5. The highest BCUT2D eigenvalue weighted by molar-refractivity contribution is 4.91. The van der Waals surface area contributed by atoms with Crippen LogP contribution in [0.5, 0.6) is 0 Å². The maximum Gasteiger partial charge on any atom is 0.0741 e. The molecule has 1 unspecified atom stereocenters. The van der Waals surface area contributed by atoms with Gasteiger partial charge in [-0.2, -0.15) is 0 Å². The lowest BCUT2D eigenvalue weighted by Gasteiger charge is -2.43. The smallest absolute Gasteiger partial charge is 0.0741 e. The van der Waals surface area contributed by atoms with E-state index in [1.54, 1.807) is 0 Å². The van der Waals surface area contributed by atoms with Gasteiger partial charge in [0.15, 0.2) is 0 Å². The lowest BCUT2D eigenvalue weighted by Crippen LogP contribution is -2.50. The summed E-state index contributed by atoms with van der Waals surface area (Å²) in [7, 11) is 2.17. The molecule has 1 N–H and O–H groups in total. The number of nitrogens with one attached hydrogen (secondary N) is 1. The van der Waals surface area contributed by atoms with E-state index in [-0.39, 0.29) is 5.60 Å².